The zero-order chi connectivity index (χ0) is 19.4. The first-order valence-electron chi connectivity index (χ1n) is 7.95. The number of rotatable bonds is 6. The van der Waals surface area contributed by atoms with Gasteiger partial charge in [-0.25, -0.2) is 4.68 Å². The summed E-state index contributed by atoms with van der Waals surface area (Å²) in [7, 11) is 0. The number of benzene rings is 2. The van der Waals surface area contributed by atoms with E-state index < -0.39 is 4.92 Å². The normalized spacial score (nSPS) is 11.1. The number of nitrogens with zero attached hydrogens (tertiary/aromatic N) is 4. The average molecular weight is 404 g/mol. The van der Waals surface area contributed by atoms with Gasteiger partial charge in [0, 0.05) is 11.1 Å². The molecular weight excluding hydrogens is 389 g/mol. The first kappa shape index (κ1) is 18.9. The topological polar surface area (TPSA) is 85.3 Å². The zero-order valence-electron chi connectivity index (χ0n) is 14.3. The molecule has 0 unspecified atom stereocenters. The molecule has 3 aromatic rings. The molecule has 0 aliphatic rings. The second-order valence-corrected chi connectivity index (χ2v) is 6.51. The number of halogens is 2. The van der Waals surface area contributed by atoms with Crippen molar-refractivity contribution in [2.75, 3.05) is 5.43 Å². The van der Waals surface area contributed by atoms with E-state index in [1.54, 1.807) is 35.0 Å². The SMILES string of the molecule is Cc1nn(Cc2ccc(Cl)cc2)c(Cl)c1/C=N\Nc1ccccc1[N+](=O)[O-]. The number of hydrogen-bond acceptors (Lipinski definition) is 5. The van der Waals surface area contributed by atoms with E-state index in [9.17, 15) is 10.1 Å². The lowest BCUT2D eigenvalue weighted by molar-refractivity contribution is -0.384. The van der Waals surface area contributed by atoms with Crippen molar-refractivity contribution in [2.24, 2.45) is 5.10 Å². The number of nitro benzene ring substituents is 1. The standard InChI is InChI=1S/C18H15Cl2N5O2/c1-12-15(10-21-22-16-4-2-3-5-17(16)25(26)27)18(20)24(23-12)11-13-6-8-14(19)9-7-13/h2-10,22H,11H2,1H3/b21-10-. The van der Waals surface area contributed by atoms with Crippen molar-refractivity contribution in [1.82, 2.24) is 9.78 Å². The Balaban J connectivity index is 1.78. The summed E-state index contributed by atoms with van der Waals surface area (Å²) in [5.41, 5.74) is 5.25. The maximum atomic E-state index is 11.0. The minimum absolute atomic E-state index is 0.0593. The molecule has 9 heteroatoms. The molecule has 3 rings (SSSR count). The summed E-state index contributed by atoms with van der Waals surface area (Å²) in [6.07, 6.45) is 1.50. The molecule has 7 nitrogen and oxygen atoms in total. The summed E-state index contributed by atoms with van der Waals surface area (Å²) in [5, 5.41) is 20.6. The van der Waals surface area contributed by atoms with Gasteiger partial charge in [0.25, 0.3) is 5.69 Å². The number of hydrogen-bond donors (Lipinski definition) is 1. The molecule has 0 atom stereocenters. The Kier molecular flexibility index (Phi) is 5.73. The van der Waals surface area contributed by atoms with E-state index in [1.165, 1.54) is 12.3 Å². The third-order valence-corrected chi connectivity index (χ3v) is 4.49. The Morgan fingerprint density at radius 2 is 1.93 bits per heavy atom. The van der Waals surface area contributed by atoms with Crippen LogP contribution in [0.3, 0.4) is 0 Å². The smallest absolute Gasteiger partial charge is 0.272 e. The Hall–Kier alpha value is -2.90. The first-order chi connectivity index (χ1) is 13.0. The lowest BCUT2D eigenvalue weighted by atomic mass is 10.2. The number of anilines is 1. The average Bonchev–Trinajstić information content (AvgIpc) is 2.91. The van der Waals surface area contributed by atoms with Crippen molar-refractivity contribution < 1.29 is 4.92 Å². The maximum Gasteiger partial charge on any atom is 0.294 e. The second-order valence-electron chi connectivity index (χ2n) is 5.72. The fourth-order valence-electron chi connectivity index (χ4n) is 2.48. The van der Waals surface area contributed by atoms with E-state index in [0.29, 0.717) is 33.7 Å². The predicted octanol–water partition coefficient (Wildman–Crippen LogP) is 4.90. The van der Waals surface area contributed by atoms with Crippen LogP contribution in [0.15, 0.2) is 53.6 Å². The van der Waals surface area contributed by atoms with Gasteiger partial charge in [-0.15, -0.1) is 0 Å². The summed E-state index contributed by atoms with van der Waals surface area (Å²) < 4.78 is 1.66. The third kappa shape index (κ3) is 4.45. The molecule has 0 amide bonds. The van der Waals surface area contributed by atoms with Crippen molar-refractivity contribution in [3.8, 4) is 0 Å². The molecular formula is C18H15Cl2N5O2. The lowest BCUT2D eigenvalue weighted by Gasteiger charge is -2.04. The van der Waals surface area contributed by atoms with E-state index in [4.69, 9.17) is 23.2 Å². The summed E-state index contributed by atoms with van der Waals surface area (Å²) in [5.74, 6) is 0. The first-order valence-corrected chi connectivity index (χ1v) is 8.71. The fourth-order valence-corrected chi connectivity index (χ4v) is 2.88. The Bertz CT molecular complexity index is 999. The van der Waals surface area contributed by atoms with Crippen LogP contribution in [0.1, 0.15) is 16.8 Å². The molecule has 0 saturated carbocycles. The van der Waals surface area contributed by atoms with Gasteiger partial charge in [-0.1, -0.05) is 47.5 Å². The quantitative estimate of drug-likeness (QED) is 0.360. The predicted molar refractivity (Wildman–Crippen MR) is 107 cm³/mol. The molecule has 0 aliphatic carbocycles. The fraction of sp³-hybridized carbons (Fsp3) is 0.111. The highest BCUT2D eigenvalue weighted by atomic mass is 35.5. The van der Waals surface area contributed by atoms with Crippen molar-refractivity contribution in [3.63, 3.8) is 0 Å². The van der Waals surface area contributed by atoms with Crippen LogP contribution in [-0.4, -0.2) is 20.9 Å². The molecule has 1 aromatic heterocycles. The van der Waals surface area contributed by atoms with Gasteiger partial charge in [0.15, 0.2) is 0 Å². The molecule has 1 N–H and O–H groups in total. The summed E-state index contributed by atoms with van der Waals surface area (Å²) in [4.78, 5) is 10.6. The zero-order valence-corrected chi connectivity index (χ0v) is 15.8. The lowest BCUT2D eigenvalue weighted by Crippen LogP contribution is -2.02. The highest BCUT2D eigenvalue weighted by Crippen LogP contribution is 2.24. The highest BCUT2D eigenvalue weighted by Gasteiger charge is 2.13. The monoisotopic (exact) mass is 403 g/mol. The van der Waals surface area contributed by atoms with Gasteiger partial charge in [-0.3, -0.25) is 15.5 Å². The van der Waals surface area contributed by atoms with Crippen molar-refractivity contribution in [2.45, 2.75) is 13.5 Å². The molecule has 0 fully saturated rings. The van der Waals surface area contributed by atoms with Crippen LogP contribution in [0.4, 0.5) is 11.4 Å². The Morgan fingerprint density at radius 3 is 2.63 bits per heavy atom. The van der Waals surface area contributed by atoms with Crippen LogP contribution in [-0.2, 0) is 6.54 Å². The van der Waals surface area contributed by atoms with Gasteiger partial charge in [0.2, 0.25) is 0 Å². The van der Waals surface area contributed by atoms with Gasteiger partial charge in [0.05, 0.1) is 28.9 Å². The Labute approximate surface area is 165 Å². The molecule has 2 aromatic carbocycles. The van der Waals surface area contributed by atoms with Crippen LogP contribution in [0.5, 0.6) is 0 Å². The molecule has 1 heterocycles. The number of para-hydroxylation sites is 2. The molecule has 27 heavy (non-hydrogen) atoms. The molecule has 0 spiro atoms. The number of aromatic nitrogens is 2. The van der Waals surface area contributed by atoms with Crippen LogP contribution in [0.2, 0.25) is 10.2 Å². The largest absolute Gasteiger partial charge is 0.294 e. The van der Waals surface area contributed by atoms with Crippen LogP contribution >= 0.6 is 23.2 Å². The number of aryl methyl sites for hydroxylation is 1. The van der Waals surface area contributed by atoms with Crippen molar-refractivity contribution in [3.05, 3.63) is 85.6 Å². The molecule has 0 radical (unpaired) electrons. The highest BCUT2D eigenvalue weighted by molar-refractivity contribution is 6.32. The summed E-state index contributed by atoms with van der Waals surface area (Å²) in [6, 6.07) is 13.7. The summed E-state index contributed by atoms with van der Waals surface area (Å²) >= 11 is 12.3. The summed E-state index contributed by atoms with van der Waals surface area (Å²) in [6.45, 7) is 2.30. The second kappa shape index (κ2) is 8.20. The van der Waals surface area contributed by atoms with Gasteiger partial charge in [-0.2, -0.15) is 10.2 Å². The van der Waals surface area contributed by atoms with E-state index in [2.05, 4.69) is 15.6 Å². The number of hydrazone groups is 1. The van der Waals surface area contributed by atoms with E-state index in [1.807, 2.05) is 19.1 Å². The van der Waals surface area contributed by atoms with E-state index in [0.717, 1.165) is 5.56 Å². The molecule has 0 aliphatic heterocycles. The molecule has 0 bridgehead atoms. The van der Waals surface area contributed by atoms with E-state index >= 15 is 0 Å². The van der Waals surface area contributed by atoms with Gasteiger partial charge >= 0.3 is 0 Å². The Morgan fingerprint density at radius 1 is 1.22 bits per heavy atom. The maximum absolute atomic E-state index is 11.0. The molecule has 138 valence electrons. The van der Waals surface area contributed by atoms with Gasteiger partial charge in [-0.05, 0) is 30.7 Å². The van der Waals surface area contributed by atoms with Crippen LogP contribution in [0, 0.1) is 17.0 Å². The van der Waals surface area contributed by atoms with E-state index in [-0.39, 0.29) is 5.69 Å². The molecule has 0 saturated heterocycles. The van der Waals surface area contributed by atoms with Crippen LogP contribution in [0.25, 0.3) is 0 Å². The number of nitrogens with one attached hydrogen (secondary N) is 1. The van der Waals surface area contributed by atoms with Crippen molar-refractivity contribution >= 4 is 40.8 Å². The minimum Gasteiger partial charge on any atom is -0.272 e. The van der Waals surface area contributed by atoms with Crippen LogP contribution < -0.4 is 5.43 Å². The van der Waals surface area contributed by atoms with Gasteiger partial charge < -0.3 is 0 Å². The third-order valence-electron chi connectivity index (χ3n) is 3.83. The van der Waals surface area contributed by atoms with Crippen molar-refractivity contribution in [1.29, 1.82) is 0 Å². The minimum atomic E-state index is -0.472. The number of nitro groups is 1. The van der Waals surface area contributed by atoms with Gasteiger partial charge in [0.1, 0.15) is 10.8 Å².